The molecule has 4 N–H and O–H groups in total. The first-order valence-corrected chi connectivity index (χ1v) is 6.14. The summed E-state index contributed by atoms with van der Waals surface area (Å²) in [5.74, 6) is 0.823. The van der Waals surface area contributed by atoms with Gasteiger partial charge in [0.1, 0.15) is 13.2 Å². The number of amides is 2. The van der Waals surface area contributed by atoms with Crippen molar-refractivity contribution in [2.24, 2.45) is 11.5 Å². The maximum Gasteiger partial charge on any atom is 0.404 e. The standard InChI is InChI=1S/C9H15FN2O4S/c10-9(4-15-7(11)13,5-16-8(12)14)6-2-1-3-17-6/h6H,1-5H2,(H2,11,13)(H2,12,14). The maximum atomic E-state index is 14.5. The Morgan fingerprint density at radius 1 is 1.29 bits per heavy atom. The van der Waals surface area contributed by atoms with Crippen molar-refractivity contribution in [3.8, 4) is 0 Å². The second kappa shape index (κ2) is 5.95. The van der Waals surface area contributed by atoms with Crippen molar-refractivity contribution >= 4 is 23.9 Å². The molecule has 98 valence electrons. The minimum Gasteiger partial charge on any atom is -0.446 e. The molecule has 2 amide bonds. The van der Waals surface area contributed by atoms with Gasteiger partial charge in [0, 0.05) is 5.25 Å². The van der Waals surface area contributed by atoms with Crippen molar-refractivity contribution < 1.29 is 23.5 Å². The van der Waals surface area contributed by atoms with Crippen molar-refractivity contribution in [2.75, 3.05) is 19.0 Å². The van der Waals surface area contributed by atoms with Crippen LogP contribution in [0.2, 0.25) is 0 Å². The molecule has 1 rings (SSSR count). The van der Waals surface area contributed by atoms with Gasteiger partial charge >= 0.3 is 12.2 Å². The van der Waals surface area contributed by atoms with Gasteiger partial charge in [0.05, 0.1) is 0 Å². The molecule has 1 heterocycles. The van der Waals surface area contributed by atoms with Gasteiger partial charge in [0.25, 0.3) is 0 Å². The lowest BCUT2D eigenvalue weighted by Crippen LogP contribution is -2.46. The lowest BCUT2D eigenvalue weighted by molar-refractivity contribution is 0.000588. The lowest BCUT2D eigenvalue weighted by atomic mass is 10.0. The van der Waals surface area contributed by atoms with Crippen LogP contribution in [0.1, 0.15) is 12.8 Å². The van der Waals surface area contributed by atoms with Gasteiger partial charge in [-0.05, 0) is 18.6 Å². The number of halogens is 1. The zero-order chi connectivity index (χ0) is 12.9. The molecule has 1 unspecified atom stereocenters. The van der Waals surface area contributed by atoms with Crippen LogP contribution in [0, 0.1) is 0 Å². The number of ether oxygens (including phenoxy) is 2. The van der Waals surface area contributed by atoms with E-state index in [1.54, 1.807) is 0 Å². The average molecular weight is 266 g/mol. The molecule has 0 spiro atoms. The van der Waals surface area contributed by atoms with Gasteiger partial charge in [-0.1, -0.05) is 0 Å². The molecule has 1 aliphatic rings. The molecule has 0 radical (unpaired) electrons. The van der Waals surface area contributed by atoms with E-state index >= 15 is 0 Å². The van der Waals surface area contributed by atoms with Crippen molar-refractivity contribution in [3.63, 3.8) is 0 Å². The molecule has 17 heavy (non-hydrogen) atoms. The Hall–Kier alpha value is -1.18. The largest absolute Gasteiger partial charge is 0.446 e. The zero-order valence-electron chi connectivity index (χ0n) is 9.19. The van der Waals surface area contributed by atoms with Gasteiger partial charge in [-0.15, -0.1) is 0 Å². The van der Waals surface area contributed by atoms with E-state index < -0.39 is 31.1 Å². The van der Waals surface area contributed by atoms with E-state index in [-0.39, 0.29) is 5.25 Å². The number of thioether (sulfide) groups is 1. The number of carbonyl (C=O) groups excluding carboxylic acids is 2. The number of hydrogen-bond donors (Lipinski definition) is 2. The number of hydrogen-bond acceptors (Lipinski definition) is 5. The summed E-state index contributed by atoms with van der Waals surface area (Å²) in [6, 6.07) is 0. The predicted octanol–water partition coefficient (Wildman–Crippen LogP) is 0.781. The molecular weight excluding hydrogens is 251 g/mol. The van der Waals surface area contributed by atoms with E-state index in [1.165, 1.54) is 11.8 Å². The highest BCUT2D eigenvalue weighted by molar-refractivity contribution is 8.00. The smallest absolute Gasteiger partial charge is 0.404 e. The molecule has 6 nitrogen and oxygen atoms in total. The Labute approximate surface area is 102 Å². The Morgan fingerprint density at radius 3 is 2.18 bits per heavy atom. The van der Waals surface area contributed by atoms with Crippen molar-refractivity contribution in [3.05, 3.63) is 0 Å². The van der Waals surface area contributed by atoms with Crippen LogP contribution in [0.3, 0.4) is 0 Å². The summed E-state index contributed by atoms with van der Waals surface area (Å²) in [6.45, 7) is -1.07. The summed E-state index contributed by atoms with van der Waals surface area (Å²) in [4.78, 5) is 21.0. The van der Waals surface area contributed by atoms with E-state index in [4.69, 9.17) is 11.5 Å². The minimum atomic E-state index is -1.94. The molecule has 0 saturated carbocycles. The molecule has 8 heteroatoms. The van der Waals surface area contributed by atoms with E-state index in [1.807, 2.05) is 0 Å². The third-order valence-electron chi connectivity index (χ3n) is 2.42. The Balaban J connectivity index is 2.60. The summed E-state index contributed by atoms with van der Waals surface area (Å²) in [6.07, 6.45) is -0.622. The number of primary amides is 2. The van der Waals surface area contributed by atoms with Crippen LogP contribution in [0.4, 0.5) is 14.0 Å². The summed E-state index contributed by atoms with van der Waals surface area (Å²) >= 11 is 1.41. The van der Waals surface area contributed by atoms with Crippen LogP contribution >= 0.6 is 11.8 Å². The average Bonchev–Trinajstić information content (AvgIpc) is 2.77. The fourth-order valence-corrected chi connectivity index (χ4v) is 2.98. The quantitative estimate of drug-likeness (QED) is 0.765. The first-order valence-electron chi connectivity index (χ1n) is 5.09. The van der Waals surface area contributed by atoms with E-state index in [2.05, 4.69) is 9.47 Å². The number of rotatable bonds is 5. The first-order chi connectivity index (χ1) is 7.94. The minimum absolute atomic E-state index is 0.388. The van der Waals surface area contributed by atoms with E-state index in [9.17, 15) is 14.0 Å². The van der Waals surface area contributed by atoms with E-state index in [0.717, 1.165) is 12.2 Å². The van der Waals surface area contributed by atoms with Gasteiger partial charge in [-0.2, -0.15) is 11.8 Å². The van der Waals surface area contributed by atoms with Crippen LogP contribution in [0.25, 0.3) is 0 Å². The molecule has 1 aliphatic heterocycles. The van der Waals surface area contributed by atoms with E-state index in [0.29, 0.717) is 6.42 Å². The summed E-state index contributed by atoms with van der Waals surface area (Å²) in [5.41, 5.74) is 7.64. The van der Waals surface area contributed by atoms with Gasteiger partial charge in [0.2, 0.25) is 0 Å². The zero-order valence-corrected chi connectivity index (χ0v) is 10.0. The van der Waals surface area contributed by atoms with Crippen LogP contribution in [0.5, 0.6) is 0 Å². The van der Waals surface area contributed by atoms with Crippen molar-refractivity contribution in [1.82, 2.24) is 0 Å². The predicted molar refractivity (Wildman–Crippen MR) is 60.4 cm³/mol. The Bertz CT molecular complexity index is 279. The van der Waals surface area contributed by atoms with Crippen LogP contribution in [0.15, 0.2) is 0 Å². The Morgan fingerprint density at radius 2 is 1.82 bits per heavy atom. The summed E-state index contributed by atoms with van der Waals surface area (Å²) in [7, 11) is 0. The van der Waals surface area contributed by atoms with Crippen molar-refractivity contribution in [1.29, 1.82) is 0 Å². The number of nitrogens with two attached hydrogens (primary N) is 2. The monoisotopic (exact) mass is 266 g/mol. The maximum absolute atomic E-state index is 14.5. The molecule has 0 aromatic rings. The topological polar surface area (TPSA) is 105 Å². The normalized spacial score (nSPS) is 19.9. The van der Waals surface area contributed by atoms with Gasteiger partial charge in [-0.25, -0.2) is 14.0 Å². The van der Waals surface area contributed by atoms with Crippen molar-refractivity contribution in [2.45, 2.75) is 23.8 Å². The Kier molecular flexibility index (Phi) is 4.86. The second-order valence-electron chi connectivity index (χ2n) is 3.75. The van der Waals surface area contributed by atoms with Gasteiger partial charge in [-0.3, -0.25) is 0 Å². The highest BCUT2D eigenvalue weighted by Gasteiger charge is 2.43. The molecule has 1 saturated heterocycles. The molecule has 0 aromatic heterocycles. The molecular formula is C9H15FN2O4S. The molecule has 0 aromatic carbocycles. The lowest BCUT2D eigenvalue weighted by Gasteiger charge is -2.29. The first kappa shape index (κ1) is 13.9. The summed E-state index contributed by atoms with van der Waals surface area (Å²) in [5, 5.41) is -0.388. The number of carbonyl (C=O) groups is 2. The van der Waals surface area contributed by atoms with Crippen LogP contribution in [-0.4, -0.2) is 42.1 Å². The fraction of sp³-hybridized carbons (Fsp3) is 0.778. The highest BCUT2D eigenvalue weighted by atomic mass is 32.2. The molecule has 0 aliphatic carbocycles. The van der Waals surface area contributed by atoms with Crippen LogP contribution < -0.4 is 11.5 Å². The molecule has 0 bridgehead atoms. The summed E-state index contributed by atoms with van der Waals surface area (Å²) < 4.78 is 23.5. The third kappa shape index (κ3) is 4.29. The second-order valence-corrected chi connectivity index (χ2v) is 5.06. The van der Waals surface area contributed by atoms with Crippen LogP contribution in [-0.2, 0) is 9.47 Å². The SMILES string of the molecule is NC(=O)OCC(F)(COC(N)=O)C1CCCS1. The third-order valence-corrected chi connectivity index (χ3v) is 4.00. The van der Waals surface area contributed by atoms with Gasteiger partial charge < -0.3 is 20.9 Å². The van der Waals surface area contributed by atoms with Gasteiger partial charge in [0.15, 0.2) is 5.67 Å². The highest BCUT2D eigenvalue weighted by Crippen LogP contribution is 2.37. The molecule has 1 atom stereocenters. The molecule has 1 fully saturated rings. The fourth-order valence-electron chi connectivity index (χ4n) is 1.60. The number of alkyl halides is 1.